The number of rotatable bonds is 3. The highest BCUT2D eigenvalue weighted by molar-refractivity contribution is 7.10. The Bertz CT molecular complexity index is 876. The number of hydrogen-bond acceptors (Lipinski definition) is 4. The van der Waals surface area contributed by atoms with Gasteiger partial charge in [-0.2, -0.15) is 0 Å². The van der Waals surface area contributed by atoms with Crippen LogP contribution in [0.1, 0.15) is 46.5 Å². The molecule has 5 nitrogen and oxygen atoms in total. The number of carbonyl (C=O) groups excluding carboxylic acids is 2. The van der Waals surface area contributed by atoms with Crippen LogP contribution in [0.3, 0.4) is 0 Å². The average Bonchev–Trinajstić information content (AvgIpc) is 3.31. The van der Waals surface area contributed by atoms with Gasteiger partial charge in [-0.3, -0.25) is 9.59 Å². The second-order valence-electron chi connectivity index (χ2n) is 7.70. The van der Waals surface area contributed by atoms with E-state index in [1.54, 1.807) is 25.4 Å². The summed E-state index contributed by atoms with van der Waals surface area (Å²) in [6.45, 7) is 5.06. The van der Waals surface area contributed by atoms with E-state index >= 15 is 0 Å². The lowest BCUT2D eigenvalue weighted by Crippen LogP contribution is -2.53. The molecule has 1 aromatic heterocycles. The first-order valence-electron chi connectivity index (χ1n) is 9.77. The van der Waals surface area contributed by atoms with E-state index in [-0.39, 0.29) is 29.8 Å². The van der Waals surface area contributed by atoms with Gasteiger partial charge in [0.15, 0.2) is 0 Å². The molecule has 0 unspecified atom stereocenters. The number of benzene rings is 1. The molecule has 0 N–H and O–H groups in total. The molecule has 2 amide bonds. The standard InChI is InChI=1S/C22H26N2O3S/c1-14-11-17(13-28-14)22(26)23-10-4-5-20-21(23)19(12-24(20)15(2)25)16-6-8-18(27-3)9-7-16/h6-9,11,13,19-21H,4-5,10,12H2,1-3H3/t19-,20-,21-/m1/s1. The molecule has 2 aromatic rings. The van der Waals surface area contributed by atoms with Crippen LogP contribution in [0, 0.1) is 6.92 Å². The summed E-state index contributed by atoms with van der Waals surface area (Å²) >= 11 is 1.60. The monoisotopic (exact) mass is 398 g/mol. The maximum absolute atomic E-state index is 13.3. The molecule has 2 aliphatic heterocycles. The number of nitrogens with zero attached hydrogens (tertiary/aromatic N) is 2. The van der Waals surface area contributed by atoms with E-state index in [1.807, 2.05) is 40.3 Å². The largest absolute Gasteiger partial charge is 0.497 e. The molecule has 0 aliphatic carbocycles. The molecule has 0 radical (unpaired) electrons. The van der Waals surface area contributed by atoms with Crippen molar-refractivity contribution in [1.29, 1.82) is 0 Å². The smallest absolute Gasteiger partial charge is 0.255 e. The summed E-state index contributed by atoms with van der Waals surface area (Å²) < 4.78 is 5.29. The Morgan fingerprint density at radius 2 is 1.93 bits per heavy atom. The maximum Gasteiger partial charge on any atom is 0.255 e. The summed E-state index contributed by atoms with van der Waals surface area (Å²) in [5, 5.41) is 1.95. The third-order valence-electron chi connectivity index (χ3n) is 6.05. The third-order valence-corrected chi connectivity index (χ3v) is 6.91. The molecule has 0 saturated carbocycles. The van der Waals surface area contributed by atoms with Crippen LogP contribution in [0.4, 0.5) is 0 Å². The van der Waals surface area contributed by atoms with Gasteiger partial charge in [0, 0.05) is 36.2 Å². The normalized spacial score (nSPS) is 24.2. The summed E-state index contributed by atoms with van der Waals surface area (Å²) in [6.07, 6.45) is 1.87. The molecule has 1 aromatic carbocycles. The number of carbonyl (C=O) groups is 2. The summed E-state index contributed by atoms with van der Waals surface area (Å²) in [6, 6.07) is 10.1. The molecule has 4 rings (SSSR count). The molecule has 0 spiro atoms. The second-order valence-corrected chi connectivity index (χ2v) is 8.81. The molecule has 6 heteroatoms. The van der Waals surface area contributed by atoms with Crippen molar-refractivity contribution >= 4 is 23.2 Å². The van der Waals surface area contributed by atoms with Gasteiger partial charge in [-0.25, -0.2) is 0 Å². The fraction of sp³-hybridized carbons (Fsp3) is 0.455. The van der Waals surface area contributed by atoms with Crippen molar-refractivity contribution < 1.29 is 14.3 Å². The van der Waals surface area contributed by atoms with E-state index in [1.165, 1.54) is 0 Å². The van der Waals surface area contributed by atoms with Gasteiger partial charge in [0.2, 0.25) is 5.91 Å². The van der Waals surface area contributed by atoms with E-state index in [9.17, 15) is 9.59 Å². The number of thiophene rings is 1. The van der Waals surface area contributed by atoms with E-state index < -0.39 is 0 Å². The fourth-order valence-electron chi connectivity index (χ4n) is 4.75. The molecular weight excluding hydrogens is 372 g/mol. The van der Waals surface area contributed by atoms with Crippen LogP contribution < -0.4 is 4.74 Å². The van der Waals surface area contributed by atoms with Crippen molar-refractivity contribution in [3.8, 4) is 5.75 Å². The number of likely N-dealkylation sites (tertiary alicyclic amines) is 2. The van der Waals surface area contributed by atoms with Gasteiger partial charge < -0.3 is 14.5 Å². The van der Waals surface area contributed by atoms with Crippen LogP contribution in [0.2, 0.25) is 0 Å². The van der Waals surface area contributed by atoms with Gasteiger partial charge in [-0.15, -0.1) is 11.3 Å². The topological polar surface area (TPSA) is 49.9 Å². The predicted octanol–water partition coefficient (Wildman–Crippen LogP) is 3.68. The van der Waals surface area contributed by atoms with E-state index in [0.717, 1.165) is 41.1 Å². The van der Waals surface area contributed by atoms with Gasteiger partial charge >= 0.3 is 0 Å². The van der Waals surface area contributed by atoms with Gasteiger partial charge in [0.1, 0.15) is 5.75 Å². The summed E-state index contributed by atoms with van der Waals surface area (Å²) in [5.41, 5.74) is 1.92. The number of hydrogen-bond donors (Lipinski definition) is 0. The summed E-state index contributed by atoms with van der Waals surface area (Å²) in [5.74, 6) is 1.10. The maximum atomic E-state index is 13.3. The molecule has 148 valence electrons. The first-order chi connectivity index (χ1) is 13.5. The van der Waals surface area contributed by atoms with Gasteiger partial charge in [0.25, 0.3) is 5.91 Å². The average molecular weight is 399 g/mol. The van der Waals surface area contributed by atoms with Crippen molar-refractivity contribution in [1.82, 2.24) is 9.80 Å². The molecule has 3 heterocycles. The Morgan fingerprint density at radius 1 is 1.18 bits per heavy atom. The van der Waals surface area contributed by atoms with Gasteiger partial charge in [-0.1, -0.05) is 12.1 Å². The SMILES string of the molecule is COc1ccc([C@H]2CN(C(C)=O)[C@@H]3CCCN(C(=O)c4csc(C)c4)[C@H]23)cc1. The lowest BCUT2D eigenvalue weighted by atomic mass is 9.85. The molecule has 28 heavy (non-hydrogen) atoms. The summed E-state index contributed by atoms with van der Waals surface area (Å²) in [7, 11) is 1.66. The number of aryl methyl sites for hydroxylation is 1. The highest BCUT2D eigenvalue weighted by atomic mass is 32.1. The highest BCUT2D eigenvalue weighted by Gasteiger charge is 2.49. The van der Waals surface area contributed by atoms with Crippen LogP contribution in [-0.4, -0.2) is 53.9 Å². The molecule has 2 saturated heterocycles. The van der Waals surface area contributed by atoms with Crippen molar-refractivity contribution in [3.63, 3.8) is 0 Å². The predicted molar refractivity (Wildman–Crippen MR) is 110 cm³/mol. The summed E-state index contributed by atoms with van der Waals surface area (Å²) in [4.78, 5) is 30.8. The molecule has 2 fully saturated rings. The Labute approximate surface area is 169 Å². The minimum Gasteiger partial charge on any atom is -0.497 e. The Hall–Kier alpha value is -2.34. The Kier molecular flexibility index (Phi) is 5.15. The molecule has 3 atom stereocenters. The minimum absolute atomic E-state index is 0.0127. The minimum atomic E-state index is 0.0127. The van der Waals surface area contributed by atoms with Crippen molar-refractivity contribution in [2.24, 2.45) is 0 Å². The lowest BCUT2D eigenvalue weighted by Gasteiger charge is -2.41. The zero-order chi connectivity index (χ0) is 19.8. The number of fused-ring (bicyclic) bond motifs is 1. The van der Waals surface area contributed by atoms with E-state index in [4.69, 9.17) is 4.74 Å². The number of methoxy groups -OCH3 is 1. The third kappa shape index (κ3) is 3.30. The van der Waals surface area contributed by atoms with Crippen molar-refractivity contribution in [2.75, 3.05) is 20.2 Å². The number of piperidine rings is 1. The van der Waals surface area contributed by atoms with Gasteiger partial charge in [-0.05, 0) is 43.5 Å². The van der Waals surface area contributed by atoms with E-state index in [0.29, 0.717) is 6.54 Å². The first-order valence-corrected chi connectivity index (χ1v) is 10.6. The first kappa shape index (κ1) is 19.0. The fourth-order valence-corrected chi connectivity index (χ4v) is 5.43. The van der Waals surface area contributed by atoms with Crippen LogP contribution in [0.25, 0.3) is 0 Å². The zero-order valence-electron chi connectivity index (χ0n) is 16.6. The van der Waals surface area contributed by atoms with Crippen LogP contribution in [-0.2, 0) is 4.79 Å². The highest BCUT2D eigenvalue weighted by Crippen LogP contribution is 2.41. The van der Waals surface area contributed by atoms with Crippen LogP contribution in [0.15, 0.2) is 35.7 Å². The second kappa shape index (κ2) is 7.59. The van der Waals surface area contributed by atoms with Crippen molar-refractivity contribution in [2.45, 2.75) is 44.7 Å². The van der Waals surface area contributed by atoms with E-state index in [2.05, 4.69) is 12.1 Å². The quantitative estimate of drug-likeness (QED) is 0.792. The lowest BCUT2D eigenvalue weighted by molar-refractivity contribution is -0.130. The molecule has 0 bridgehead atoms. The number of amides is 2. The van der Waals surface area contributed by atoms with Crippen LogP contribution in [0.5, 0.6) is 5.75 Å². The Balaban J connectivity index is 1.70. The van der Waals surface area contributed by atoms with Gasteiger partial charge in [0.05, 0.1) is 24.8 Å². The Morgan fingerprint density at radius 3 is 2.54 bits per heavy atom. The molecular formula is C22H26N2O3S. The van der Waals surface area contributed by atoms with Crippen molar-refractivity contribution in [3.05, 3.63) is 51.7 Å². The van der Waals surface area contributed by atoms with Crippen LogP contribution >= 0.6 is 11.3 Å². The zero-order valence-corrected chi connectivity index (χ0v) is 17.4. The molecule has 2 aliphatic rings. The number of ether oxygens (including phenoxy) is 1.